The van der Waals surface area contributed by atoms with E-state index in [9.17, 15) is 4.79 Å². The molecule has 3 fully saturated rings. The lowest BCUT2D eigenvalue weighted by molar-refractivity contribution is 0.0712. The summed E-state index contributed by atoms with van der Waals surface area (Å²) in [5.41, 5.74) is 1.88. The first-order valence-electron chi connectivity index (χ1n) is 12.2. The number of carbonyl (C=O) groups excluding carboxylic acids is 1. The van der Waals surface area contributed by atoms with Crippen LogP contribution in [0.4, 0.5) is 11.6 Å². The minimum atomic E-state index is 0.110. The number of ether oxygens (including phenoxy) is 1. The minimum Gasteiger partial charge on any atom is -0.377 e. The Morgan fingerprint density at radius 2 is 1.61 bits per heavy atom. The molecular formula is C25H34N6O2. The van der Waals surface area contributed by atoms with Crippen LogP contribution in [-0.4, -0.2) is 97.5 Å². The van der Waals surface area contributed by atoms with Crippen molar-refractivity contribution in [3.05, 3.63) is 47.5 Å². The minimum absolute atomic E-state index is 0.110. The van der Waals surface area contributed by atoms with Crippen LogP contribution < -0.4 is 9.80 Å². The molecule has 0 aliphatic carbocycles. The molecule has 3 aliphatic heterocycles. The lowest BCUT2D eigenvalue weighted by Gasteiger charge is -2.37. The van der Waals surface area contributed by atoms with E-state index in [2.05, 4.69) is 37.0 Å². The molecule has 2 aromatic rings. The lowest BCUT2D eigenvalue weighted by atomic mass is 10.1. The predicted octanol–water partition coefficient (Wildman–Crippen LogP) is 2.05. The maximum absolute atomic E-state index is 12.8. The summed E-state index contributed by atoms with van der Waals surface area (Å²) in [6.07, 6.45) is 2.81. The Hall–Kier alpha value is -2.71. The first-order valence-corrected chi connectivity index (χ1v) is 12.2. The van der Waals surface area contributed by atoms with Crippen LogP contribution in [0.1, 0.15) is 28.8 Å². The quantitative estimate of drug-likeness (QED) is 0.691. The van der Waals surface area contributed by atoms with Crippen LogP contribution in [0.2, 0.25) is 0 Å². The SMILES string of the molecule is Cc1cccc(C(=O)N2CCN(c3ccc(N4CCN(CC5CCCO5)CC4)nn3)CC2)c1. The van der Waals surface area contributed by atoms with Crippen LogP contribution in [0.3, 0.4) is 0 Å². The molecular weight excluding hydrogens is 416 g/mol. The molecule has 3 saturated heterocycles. The maximum Gasteiger partial charge on any atom is 0.253 e. The highest BCUT2D eigenvalue weighted by molar-refractivity contribution is 5.94. The van der Waals surface area contributed by atoms with Gasteiger partial charge in [0, 0.05) is 71.1 Å². The molecule has 176 valence electrons. The van der Waals surface area contributed by atoms with Gasteiger partial charge >= 0.3 is 0 Å². The number of hydrogen-bond donors (Lipinski definition) is 0. The molecule has 1 atom stereocenters. The monoisotopic (exact) mass is 450 g/mol. The molecule has 1 unspecified atom stereocenters. The number of aromatic nitrogens is 2. The zero-order valence-electron chi connectivity index (χ0n) is 19.5. The van der Waals surface area contributed by atoms with Gasteiger partial charge in [-0.15, -0.1) is 10.2 Å². The van der Waals surface area contributed by atoms with Gasteiger partial charge in [-0.3, -0.25) is 9.69 Å². The molecule has 0 saturated carbocycles. The van der Waals surface area contributed by atoms with Crippen molar-refractivity contribution >= 4 is 17.5 Å². The third kappa shape index (κ3) is 5.28. The van der Waals surface area contributed by atoms with Crippen LogP contribution in [0.5, 0.6) is 0 Å². The van der Waals surface area contributed by atoms with Crippen molar-refractivity contribution in [3.8, 4) is 0 Å². The Balaban J connectivity index is 1.11. The maximum atomic E-state index is 12.8. The van der Waals surface area contributed by atoms with Gasteiger partial charge in [0.05, 0.1) is 6.10 Å². The number of piperazine rings is 2. The zero-order valence-corrected chi connectivity index (χ0v) is 19.5. The molecule has 1 aromatic carbocycles. The van der Waals surface area contributed by atoms with Crippen molar-refractivity contribution in [2.75, 3.05) is 75.3 Å². The van der Waals surface area contributed by atoms with Crippen molar-refractivity contribution < 1.29 is 9.53 Å². The summed E-state index contributed by atoms with van der Waals surface area (Å²) in [5.74, 6) is 1.95. The van der Waals surface area contributed by atoms with Crippen molar-refractivity contribution in [2.45, 2.75) is 25.9 Å². The van der Waals surface area contributed by atoms with Crippen molar-refractivity contribution in [3.63, 3.8) is 0 Å². The van der Waals surface area contributed by atoms with Crippen LogP contribution in [0, 0.1) is 6.92 Å². The van der Waals surface area contributed by atoms with E-state index in [4.69, 9.17) is 4.74 Å². The Morgan fingerprint density at radius 1 is 0.939 bits per heavy atom. The van der Waals surface area contributed by atoms with Gasteiger partial charge in [-0.2, -0.15) is 0 Å². The van der Waals surface area contributed by atoms with E-state index >= 15 is 0 Å². The van der Waals surface area contributed by atoms with E-state index in [1.807, 2.05) is 36.1 Å². The summed E-state index contributed by atoms with van der Waals surface area (Å²) >= 11 is 0. The molecule has 1 aromatic heterocycles. The van der Waals surface area contributed by atoms with Crippen LogP contribution >= 0.6 is 0 Å². The lowest BCUT2D eigenvalue weighted by Crippen LogP contribution is -2.49. The van der Waals surface area contributed by atoms with Gasteiger partial charge in [-0.25, -0.2) is 0 Å². The average molecular weight is 451 g/mol. The number of nitrogens with zero attached hydrogens (tertiary/aromatic N) is 6. The largest absolute Gasteiger partial charge is 0.377 e. The third-order valence-corrected chi connectivity index (χ3v) is 6.97. The van der Waals surface area contributed by atoms with E-state index < -0.39 is 0 Å². The molecule has 4 heterocycles. The molecule has 0 N–H and O–H groups in total. The highest BCUT2D eigenvalue weighted by Crippen LogP contribution is 2.20. The molecule has 5 rings (SSSR count). The van der Waals surface area contributed by atoms with E-state index in [-0.39, 0.29) is 5.91 Å². The molecule has 0 spiro atoms. The topological polar surface area (TPSA) is 65.0 Å². The first kappa shape index (κ1) is 22.1. The third-order valence-electron chi connectivity index (χ3n) is 6.97. The van der Waals surface area contributed by atoms with E-state index in [0.29, 0.717) is 19.2 Å². The normalized spacial score (nSPS) is 22.1. The van der Waals surface area contributed by atoms with E-state index in [0.717, 1.165) is 75.2 Å². The number of hydrogen-bond acceptors (Lipinski definition) is 7. The highest BCUT2D eigenvalue weighted by Gasteiger charge is 2.25. The highest BCUT2D eigenvalue weighted by atomic mass is 16.5. The summed E-state index contributed by atoms with van der Waals surface area (Å²) in [6.45, 7) is 11.0. The second-order valence-electron chi connectivity index (χ2n) is 9.32. The second-order valence-corrected chi connectivity index (χ2v) is 9.32. The molecule has 33 heavy (non-hydrogen) atoms. The van der Waals surface area contributed by atoms with Gasteiger partial charge in [0.1, 0.15) is 0 Å². The number of carbonyl (C=O) groups is 1. The van der Waals surface area contributed by atoms with Crippen molar-refractivity contribution in [2.24, 2.45) is 0 Å². The standard InChI is InChI=1S/C25H34N6O2/c1-20-4-2-5-21(18-20)25(32)31-15-13-30(14-16-31)24-8-7-23(26-27-24)29-11-9-28(10-12-29)19-22-6-3-17-33-22/h2,4-5,7-8,18,22H,3,6,9-17,19H2,1H3. The fraction of sp³-hybridized carbons (Fsp3) is 0.560. The Bertz CT molecular complexity index is 930. The van der Waals surface area contributed by atoms with Crippen LogP contribution in [-0.2, 0) is 4.74 Å². The van der Waals surface area contributed by atoms with Gasteiger partial charge < -0.3 is 19.4 Å². The smallest absolute Gasteiger partial charge is 0.253 e. The molecule has 0 bridgehead atoms. The van der Waals surface area contributed by atoms with Gasteiger partial charge in [-0.05, 0) is 44.0 Å². The number of rotatable bonds is 5. The number of benzene rings is 1. The predicted molar refractivity (Wildman–Crippen MR) is 129 cm³/mol. The number of amides is 1. The zero-order chi connectivity index (χ0) is 22.6. The first-order chi connectivity index (χ1) is 16.2. The molecule has 3 aliphatic rings. The van der Waals surface area contributed by atoms with Gasteiger partial charge in [-0.1, -0.05) is 17.7 Å². The van der Waals surface area contributed by atoms with Gasteiger partial charge in [0.25, 0.3) is 5.91 Å². The molecule has 8 nitrogen and oxygen atoms in total. The van der Waals surface area contributed by atoms with Gasteiger partial charge in [0.15, 0.2) is 11.6 Å². The Kier molecular flexibility index (Phi) is 6.73. The van der Waals surface area contributed by atoms with E-state index in [1.54, 1.807) is 0 Å². The van der Waals surface area contributed by atoms with Crippen molar-refractivity contribution in [1.82, 2.24) is 20.0 Å². The van der Waals surface area contributed by atoms with E-state index in [1.165, 1.54) is 12.8 Å². The number of aryl methyl sites for hydroxylation is 1. The summed E-state index contributed by atoms with van der Waals surface area (Å²) in [5, 5.41) is 9.04. The number of anilines is 2. The Labute approximate surface area is 196 Å². The molecule has 1 amide bonds. The van der Waals surface area contributed by atoms with Gasteiger partial charge in [0.2, 0.25) is 0 Å². The molecule has 0 radical (unpaired) electrons. The summed E-state index contributed by atoms with van der Waals surface area (Å²) in [7, 11) is 0. The summed E-state index contributed by atoms with van der Waals surface area (Å²) in [4.78, 5) is 21.8. The molecule has 8 heteroatoms. The fourth-order valence-electron chi connectivity index (χ4n) is 4.99. The fourth-order valence-corrected chi connectivity index (χ4v) is 4.99. The Morgan fingerprint density at radius 3 is 2.18 bits per heavy atom. The summed E-state index contributed by atoms with van der Waals surface area (Å²) in [6, 6.07) is 12.0. The van der Waals surface area contributed by atoms with Crippen LogP contribution in [0.25, 0.3) is 0 Å². The van der Waals surface area contributed by atoms with Crippen molar-refractivity contribution in [1.29, 1.82) is 0 Å². The van der Waals surface area contributed by atoms with Crippen LogP contribution in [0.15, 0.2) is 36.4 Å². The average Bonchev–Trinajstić information content (AvgIpc) is 3.37. The summed E-state index contributed by atoms with van der Waals surface area (Å²) < 4.78 is 5.78. The second kappa shape index (κ2) is 10.1.